The lowest BCUT2D eigenvalue weighted by molar-refractivity contribution is -0.135. The van der Waals surface area contributed by atoms with E-state index in [9.17, 15) is 9.59 Å². The molecule has 0 aliphatic rings. The van der Waals surface area contributed by atoms with Crippen LogP contribution in [-0.4, -0.2) is 18.9 Å². The molecule has 2 aromatic rings. The van der Waals surface area contributed by atoms with Crippen LogP contribution in [0, 0.1) is 0 Å². The van der Waals surface area contributed by atoms with Gasteiger partial charge in [-0.05, 0) is 36.8 Å². The first-order valence-corrected chi connectivity index (χ1v) is 8.96. The highest BCUT2D eigenvalue weighted by atomic mass is 16.5. The van der Waals surface area contributed by atoms with Crippen molar-refractivity contribution < 1.29 is 14.3 Å². The molecule has 0 aromatic heterocycles. The quantitative estimate of drug-likeness (QED) is 0.271. The Labute approximate surface area is 150 Å². The molecule has 0 radical (unpaired) electrons. The van der Waals surface area contributed by atoms with Crippen LogP contribution in [0.3, 0.4) is 0 Å². The molecule has 0 N–H and O–H groups in total. The minimum absolute atomic E-state index is 0.386. The molecule has 2 aromatic carbocycles. The molecule has 0 heterocycles. The topological polar surface area (TPSA) is 43.4 Å². The first kappa shape index (κ1) is 18.9. The van der Waals surface area contributed by atoms with E-state index in [2.05, 4.69) is 35.1 Å². The monoisotopic (exact) mass is 338 g/mol. The average molecular weight is 338 g/mol. The number of ketones is 1. The Bertz CT molecular complexity index is 659. The van der Waals surface area contributed by atoms with Crippen molar-refractivity contribution in [3.05, 3.63) is 71.3 Å². The highest BCUT2D eigenvalue weighted by Crippen LogP contribution is 2.12. The zero-order valence-electron chi connectivity index (χ0n) is 14.9. The van der Waals surface area contributed by atoms with Crippen LogP contribution in [0.4, 0.5) is 0 Å². The van der Waals surface area contributed by atoms with Gasteiger partial charge in [-0.1, -0.05) is 73.9 Å². The van der Waals surface area contributed by atoms with Crippen molar-refractivity contribution in [1.29, 1.82) is 0 Å². The molecule has 0 aliphatic heterocycles. The zero-order valence-corrected chi connectivity index (χ0v) is 14.9. The minimum atomic E-state index is -0.816. The maximum Gasteiger partial charge on any atom is 0.379 e. The van der Waals surface area contributed by atoms with Gasteiger partial charge < -0.3 is 4.74 Å². The zero-order chi connectivity index (χ0) is 17.9. The molecule has 0 spiro atoms. The normalized spacial score (nSPS) is 10.4. The molecule has 0 fully saturated rings. The summed E-state index contributed by atoms with van der Waals surface area (Å²) in [7, 11) is 1.22. The number of unbranched alkanes of at least 4 members (excludes halogenated alkanes) is 4. The molecule has 3 nitrogen and oxygen atoms in total. The lowest BCUT2D eigenvalue weighted by Crippen LogP contribution is -2.15. The van der Waals surface area contributed by atoms with E-state index in [1.54, 1.807) is 12.1 Å². The number of ether oxygens (including phenoxy) is 1. The molecule has 0 bridgehead atoms. The van der Waals surface area contributed by atoms with E-state index in [1.165, 1.54) is 43.9 Å². The van der Waals surface area contributed by atoms with Gasteiger partial charge in [-0.15, -0.1) is 0 Å². The summed E-state index contributed by atoms with van der Waals surface area (Å²) in [6.07, 6.45) is 8.30. The number of hydrogen-bond donors (Lipinski definition) is 0. The first-order chi connectivity index (χ1) is 12.2. The van der Waals surface area contributed by atoms with Crippen LogP contribution in [-0.2, 0) is 22.4 Å². The summed E-state index contributed by atoms with van der Waals surface area (Å²) >= 11 is 0. The third kappa shape index (κ3) is 6.54. The van der Waals surface area contributed by atoms with Gasteiger partial charge in [0, 0.05) is 5.56 Å². The van der Waals surface area contributed by atoms with Gasteiger partial charge in [-0.3, -0.25) is 4.79 Å². The van der Waals surface area contributed by atoms with Crippen LogP contribution < -0.4 is 0 Å². The van der Waals surface area contributed by atoms with Crippen LogP contribution in [0.25, 0.3) is 0 Å². The second-order valence-electron chi connectivity index (χ2n) is 6.27. The van der Waals surface area contributed by atoms with E-state index in [4.69, 9.17) is 0 Å². The van der Waals surface area contributed by atoms with Gasteiger partial charge in [-0.2, -0.15) is 0 Å². The summed E-state index contributed by atoms with van der Waals surface area (Å²) in [6, 6.07) is 17.9. The molecular formula is C22H26O3. The number of Topliss-reactive ketones (excluding diaryl/α,β-unsaturated/α-hetero) is 1. The van der Waals surface area contributed by atoms with Crippen LogP contribution in [0.1, 0.15) is 53.6 Å². The summed E-state index contributed by atoms with van der Waals surface area (Å²) in [4.78, 5) is 22.9. The summed E-state index contributed by atoms with van der Waals surface area (Å²) in [6.45, 7) is 0. The number of hydrogen-bond acceptors (Lipinski definition) is 3. The SMILES string of the molecule is COC(=O)C(=O)c1ccc(CCCCCCCc2ccccc2)cc1. The van der Waals surface area contributed by atoms with Crippen molar-refractivity contribution in [3.8, 4) is 0 Å². The number of methoxy groups -OCH3 is 1. The Morgan fingerprint density at radius 3 is 1.80 bits per heavy atom. The summed E-state index contributed by atoms with van der Waals surface area (Å²) in [5, 5.41) is 0. The van der Waals surface area contributed by atoms with Crippen LogP contribution in [0.2, 0.25) is 0 Å². The fraction of sp³-hybridized carbons (Fsp3) is 0.364. The third-order valence-electron chi connectivity index (χ3n) is 4.36. The maximum atomic E-state index is 11.7. The molecule has 132 valence electrons. The van der Waals surface area contributed by atoms with E-state index in [1.807, 2.05) is 12.1 Å². The molecular weight excluding hydrogens is 312 g/mol. The van der Waals surface area contributed by atoms with Crippen molar-refractivity contribution in [3.63, 3.8) is 0 Å². The Kier molecular flexibility index (Phi) is 7.90. The van der Waals surface area contributed by atoms with Gasteiger partial charge in [0.05, 0.1) is 7.11 Å². The fourth-order valence-corrected chi connectivity index (χ4v) is 2.87. The lowest BCUT2D eigenvalue weighted by Gasteiger charge is -2.04. The van der Waals surface area contributed by atoms with E-state index in [-0.39, 0.29) is 0 Å². The predicted octanol–water partition coefficient (Wildman–Crippen LogP) is 4.78. The highest BCUT2D eigenvalue weighted by Gasteiger charge is 2.15. The average Bonchev–Trinajstić information content (AvgIpc) is 2.67. The number of esters is 1. The van der Waals surface area contributed by atoms with Gasteiger partial charge in [-0.25, -0.2) is 4.79 Å². The van der Waals surface area contributed by atoms with Crippen molar-refractivity contribution in [1.82, 2.24) is 0 Å². The van der Waals surface area contributed by atoms with Crippen LogP contribution >= 0.6 is 0 Å². The van der Waals surface area contributed by atoms with Crippen molar-refractivity contribution in [2.24, 2.45) is 0 Å². The van der Waals surface area contributed by atoms with E-state index in [0.29, 0.717) is 5.56 Å². The Hall–Kier alpha value is -2.42. The molecule has 0 saturated carbocycles. The Balaban J connectivity index is 1.60. The number of rotatable bonds is 10. The van der Waals surface area contributed by atoms with Crippen molar-refractivity contribution >= 4 is 11.8 Å². The smallest absolute Gasteiger partial charge is 0.379 e. The number of carbonyl (C=O) groups excluding carboxylic acids is 2. The maximum absolute atomic E-state index is 11.7. The summed E-state index contributed by atoms with van der Waals surface area (Å²) in [5.41, 5.74) is 3.01. The molecule has 0 aliphatic carbocycles. The lowest BCUT2D eigenvalue weighted by atomic mass is 10.0. The molecule has 25 heavy (non-hydrogen) atoms. The second-order valence-corrected chi connectivity index (χ2v) is 6.27. The molecule has 0 amide bonds. The number of carbonyl (C=O) groups is 2. The van der Waals surface area contributed by atoms with Crippen molar-refractivity contribution in [2.75, 3.05) is 7.11 Å². The Morgan fingerprint density at radius 2 is 1.24 bits per heavy atom. The fourth-order valence-electron chi connectivity index (χ4n) is 2.87. The highest BCUT2D eigenvalue weighted by molar-refractivity contribution is 6.40. The van der Waals surface area contributed by atoms with E-state index < -0.39 is 11.8 Å². The summed E-state index contributed by atoms with van der Waals surface area (Å²) in [5.74, 6) is -1.41. The minimum Gasteiger partial charge on any atom is -0.463 e. The predicted molar refractivity (Wildman–Crippen MR) is 99.7 cm³/mol. The second kappa shape index (κ2) is 10.4. The van der Waals surface area contributed by atoms with Crippen LogP contribution in [0.15, 0.2) is 54.6 Å². The molecule has 2 rings (SSSR count). The molecule has 0 atom stereocenters. The molecule has 3 heteroatoms. The largest absolute Gasteiger partial charge is 0.463 e. The van der Waals surface area contributed by atoms with Gasteiger partial charge in [0.1, 0.15) is 0 Å². The van der Waals surface area contributed by atoms with Gasteiger partial charge in [0.2, 0.25) is 0 Å². The van der Waals surface area contributed by atoms with E-state index >= 15 is 0 Å². The van der Waals surface area contributed by atoms with Gasteiger partial charge in [0.25, 0.3) is 5.78 Å². The number of benzene rings is 2. The van der Waals surface area contributed by atoms with E-state index in [0.717, 1.165) is 19.3 Å². The van der Waals surface area contributed by atoms with Crippen molar-refractivity contribution in [2.45, 2.75) is 44.9 Å². The first-order valence-electron chi connectivity index (χ1n) is 8.96. The van der Waals surface area contributed by atoms with Gasteiger partial charge >= 0.3 is 5.97 Å². The standard InChI is InChI=1S/C22H26O3/c1-25-22(24)21(23)20-16-14-19(15-17-20)13-7-4-2-3-6-10-18-11-8-5-9-12-18/h5,8-9,11-12,14-17H,2-4,6-7,10,13H2,1H3. The molecule has 0 saturated heterocycles. The van der Waals surface area contributed by atoms with Gasteiger partial charge in [0.15, 0.2) is 0 Å². The number of aryl methyl sites for hydroxylation is 2. The molecule has 0 unspecified atom stereocenters. The third-order valence-corrected chi connectivity index (χ3v) is 4.36. The summed E-state index contributed by atoms with van der Waals surface area (Å²) < 4.78 is 4.45. The Morgan fingerprint density at radius 1 is 0.720 bits per heavy atom. The van der Waals surface area contributed by atoms with Crippen LogP contribution in [0.5, 0.6) is 0 Å².